The van der Waals surface area contributed by atoms with Gasteiger partial charge in [-0.3, -0.25) is 4.79 Å². The van der Waals surface area contributed by atoms with Crippen LogP contribution < -0.4 is 5.32 Å². The number of carboxylic acids is 1. The second kappa shape index (κ2) is 7.17. The number of hydrogen-bond donors (Lipinski definition) is 4. The Morgan fingerprint density at radius 2 is 1.78 bits per heavy atom. The number of amides is 1. The van der Waals surface area contributed by atoms with E-state index in [0.29, 0.717) is 18.4 Å². The van der Waals surface area contributed by atoms with Crippen LogP contribution in [-0.2, 0) is 15.0 Å². The Hall–Kier alpha value is -2.50. The highest BCUT2D eigenvalue weighted by Crippen LogP contribution is 2.39. The summed E-state index contributed by atoms with van der Waals surface area (Å²) in [6.45, 7) is 8.65. The van der Waals surface area contributed by atoms with Gasteiger partial charge in [-0.1, -0.05) is 26.5 Å². The first-order valence-corrected chi connectivity index (χ1v) is 7.41. The minimum absolute atomic E-state index is 0.214. The number of phenols is 2. The van der Waals surface area contributed by atoms with Crippen LogP contribution in [0.4, 0.5) is 0 Å². The number of carboxylic acid groups (broad SMARTS) is 1. The second-order valence-corrected chi connectivity index (χ2v) is 5.59. The van der Waals surface area contributed by atoms with Crippen molar-refractivity contribution in [1.82, 2.24) is 5.32 Å². The van der Waals surface area contributed by atoms with E-state index < -0.39 is 23.3 Å². The molecule has 4 N–H and O–H groups in total. The number of benzene rings is 1. The van der Waals surface area contributed by atoms with Crippen molar-refractivity contribution in [2.75, 3.05) is 0 Å². The molecule has 0 fully saturated rings. The zero-order valence-electron chi connectivity index (χ0n) is 13.6. The summed E-state index contributed by atoms with van der Waals surface area (Å²) in [7, 11) is 0. The molecule has 1 rings (SSSR count). The lowest BCUT2D eigenvalue weighted by Gasteiger charge is -2.38. The second-order valence-electron chi connectivity index (χ2n) is 5.59. The maximum absolute atomic E-state index is 11.9. The fraction of sp³-hybridized carbons (Fsp3) is 0.412. The highest BCUT2D eigenvalue weighted by atomic mass is 16.4. The van der Waals surface area contributed by atoms with Crippen molar-refractivity contribution in [3.8, 4) is 11.5 Å². The first kappa shape index (κ1) is 18.5. The van der Waals surface area contributed by atoms with Crippen LogP contribution in [0.25, 0.3) is 0 Å². The number of aromatic hydroxyl groups is 2. The zero-order chi connectivity index (χ0) is 17.8. The van der Waals surface area contributed by atoms with E-state index in [9.17, 15) is 24.9 Å². The Labute approximate surface area is 135 Å². The van der Waals surface area contributed by atoms with Crippen LogP contribution in [0.5, 0.6) is 11.5 Å². The van der Waals surface area contributed by atoms with E-state index in [1.54, 1.807) is 6.07 Å². The third-order valence-electron chi connectivity index (χ3n) is 4.27. The van der Waals surface area contributed by atoms with Gasteiger partial charge in [0.15, 0.2) is 11.5 Å². The average molecular weight is 321 g/mol. The highest BCUT2D eigenvalue weighted by molar-refractivity contribution is 5.95. The average Bonchev–Trinajstić information content (AvgIpc) is 2.50. The SMILES string of the molecule is C=C(C)C(=O)NC(C(=O)O)C(CC)(CC)c1ccc(O)c(O)c1. The van der Waals surface area contributed by atoms with Crippen LogP contribution in [0.2, 0.25) is 0 Å². The van der Waals surface area contributed by atoms with Crippen molar-refractivity contribution in [3.05, 3.63) is 35.9 Å². The molecule has 1 amide bonds. The van der Waals surface area contributed by atoms with Gasteiger partial charge in [-0.25, -0.2) is 4.79 Å². The van der Waals surface area contributed by atoms with E-state index in [2.05, 4.69) is 11.9 Å². The largest absolute Gasteiger partial charge is 0.504 e. The van der Waals surface area contributed by atoms with Gasteiger partial charge in [0.1, 0.15) is 6.04 Å². The molecule has 1 aromatic carbocycles. The predicted molar refractivity (Wildman–Crippen MR) is 86.4 cm³/mol. The molecular weight excluding hydrogens is 298 g/mol. The van der Waals surface area contributed by atoms with E-state index in [1.807, 2.05) is 13.8 Å². The van der Waals surface area contributed by atoms with E-state index in [1.165, 1.54) is 19.1 Å². The lowest BCUT2D eigenvalue weighted by Crippen LogP contribution is -2.55. The van der Waals surface area contributed by atoms with Gasteiger partial charge >= 0.3 is 5.97 Å². The molecule has 126 valence electrons. The van der Waals surface area contributed by atoms with Crippen LogP contribution in [0.15, 0.2) is 30.4 Å². The molecule has 0 aliphatic carbocycles. The topological polar surface area (TPSA) is 107 Å². The number of phenolic OH excluding ortho intramolecular Hbond substituents is 2. The summed E-state index contributed by atoms with van der Waals surface area (Å²) in [6, 6.07) is 3.02. The van der Waals surface area contributed by atoms with Gasteiger partial charge in [-0.15, -0.1) is 0 Å². The van der Waals surface area contributed by atoms with E-state index in [0.717, 1.165) is 0 Å². The summed E-state index contributed by atoms with van der Waals surface area (Å²) < 4.78 is 0. The minimum atomic E-state index is -1.19. The van der Waals surface area contributed by atoms with Crippen LogP contribution in [0.3, 0.4) is 0 Å². The molecule has 0 saturated heterocycles. The van der Waals surface area contributed by atoms with Crippen molar-refractivity contribution >= 4 is 11.9 Å². The van der Waals surface area contributed by atoms with E-state index >= 15 is 0 Å². The molecule has 1 atom stereocenters. The molecule has 6 nitrogen and oxygen atoms in total. The maximum Gasteiger partial charge on any atom is 0.327 e. The number of nitrogens with one attached hydrogen (secondary N) is 1. The maximum atomic E-state index is 11.9. The molecule has 0 saturated carbocycles. The number of rotatable bonds is 7. The fourth-order valence-corrected chi connectivity index (χ4v) is 2.76. The lowest BCUT2D eigenvalue weighted by atomic mass is 9.70. The molecular formula is C17H23NO5. The van der Waals surface area contributed by atoms with Crippen LogP contribution in [0, 0.1) is 0 Å². The van der Waals surface area contributed by atoms with Gasteiger partial charge in [0.25, 0.3) is 0 Å². The van der Waals surface area contributed by atoms with Gasteiger partial charge in [0.2, 0.25) is 5.91 Å². The molecule has 23 heavy (non-hydrogen) atoms. The summed E-state index contributed by atoms with van der Waals surface area (Å²) in [6.07, 6.45) is 0.836. The lowest BCUT2D eigenvalue weighted by molar-refractivity contribution is -0.143. The van der Waals surface area contributed by atoms with Crippen molar-refractivity contribution in [2.45, 2.75) is 45.1 Å². The van der Waals surface area contributed by atoms with E-state index in [-0.39, 0.29) is 17.1 Å². The summed E-state index contributed by atoms with van der Waals surface area (Å²) in [5.74, 6) is -2.32. The molecule has 1 aromatic rings. The molecule has 0 aliphatic heterocycles. The quantitative estimate of drug-likeness (QED) is 0.455. The van der Waals surface area contributed by atoms with Gasteiger partial charge < -0.3 is 20.6 Å². The highest BCUT2D eigenvalue weighted by Gasteiger charge is 2.43. The normalized spacial score (nSPS) is 12.5. The van der Waals surface area contributed by atoms with Crippen molar-refractivity contribution in [3.63, 3.8) is 0 Å². The fourth-order valence-electron chi connectivity index (χ4n) is 2.76. The van der Waals surface area contributed by atoms with Crippen LogP contribution in [-0.4, -0.2) is 33.2 Å². The zero-order valence-corrected chi connectivity index (χ0v) is 13.6. The van der Waals surface area contributed by atoms with Crippen molar-refractivity contribution in [1.29, 1.82) is 0 Å². The Morgan fingerprint density at radius 1 is 1.22 bits per heavy atom. The third-order valence-corrected chi connectivity index (χ3v) is 4.27. The van der Waals surface area contributed by atoms with Crippen LogP contribution >= 0.6 is 0 Å². The first-order valence-electron chi connectivity index (χ1n) is 7.41. The molecule has 0 spiro atoms. The van der Waals surface area contributed by atoms with E-state index in [4.69, 9.17) is 0 Å². The van der Waals surface area contributed by atoms with Crippen molar-refractivity contribution < 1.29 is 24.9 Å². The summed E-state index contributed by atoms with van der Waals surface area (Å²) in [4.78, 5) is 23.7. The van der Waals surface area contributed by atoms with Gasteiger partial charge in [-0.2, -0.15) is 0 Å². The van der Waals surface area contributed by atoms with Gasteiger partial charge in [0.05, 0.1) is 0 Å². The molecule has 1 unspecified atom stereocenters. The standard InChI is InChI=1S/C17H23NO5/c1-5-17(6-2,11-7-8-12(19)13(20)9-11)14(16(22)23)18-15(21)10(3)4/h7-9,14,19-20H,3,5-6H2,1-2,4H3,(H,18,21)(H,22,23). The van der Waals surface area contributed by atoms with Gasteiger partial charge in [-0.05, 0) is 37.5 Å². The number of aliphatic carboxylic acids is 1. The number of carbonyl (C=O) groups is 2. The minimum Gasteiger partial charge on any atom is -0.504 e. The molecule has 0 radical (unpaired) electrons. The number of carbonyl (C=O) groups excluding carboxylic acids is 1. The Kier molecular flexibility index (Phi) is 5.79. The smallest absolute Gasteiger partial charge is 0.327 e. The molecule has 0 aromatic heterocycles. The molecule has 6 heteroatoms. The Morgan fingerprint density at radius 3 is 2.17 bits per heavy atom. The molecule has 0 bridgehead atoms. The van der Waals surface area contributed by atoms with Crippen LogP contribution in [0.1, 0.15) is 39.2 Å². The summed E-state index contributed by atoms with van der Waals surface area (Å²) >= 11 is 0. The molecule has 0 heterocycles. The Bertz CT molecular complexity index is 619. The summed E-state index contributed by atoms with van der Waals surface area (Å²) in [5.41, 5.74) is -0.180. The third kappa shape index (κ3) is 3.64. The Balaban J connectivity index is 3.43. The molecule has 0 aliphatic rings. The monoisotopic (exact) mass is 321 g/mol. The van der Waals surface area contributed by atoms with Crippen molar-refractivity contribution in [2.24, 2.45) is 0 Å². The van der Waals surface area contributed by atoms with Gasteiger partial charge in [0, 0.05) is 11.0 Å². The number of hydrogen-bond acceptors (Lipinski definition) is 4. The predicted octanol–water partition coefficient (Wildman–Crippen LogP) is 2.30. The first-order chi connectivity index (χ1) is 10.7. The summed E-state index contributed by atoms with van der Waals surface area (Å²) in [5, 5.41) is 31.4.